The smallest absolute Gasteiger partial charge is 0.220 e. The van der Waals surface area contributed by atoms with Gasteiger partial charge in [0, 0.05) is 13.0 Å². The Balaban J connectivity index is 1.96. The van der Waals surface area contributed by atoms with Gasteiger partial charge in [-0.2, -0.15) is 0 Å². The third kappa shape index (κ3) is 3.80. The normalized spacial score (nSPS) is 12.3. The second kappa shape index (κ2) is 6.34. The van der Waals surface area contributed by atoms with Gasteiger partial charge >= 0.3 is 0 Å². The van der Waals surface area contributed by atoms with Gasteiger partial charge in [0.05, 0.1) is 0 Å². The van der Waals surface area contributed by atoms with Gasteiger partial charge in [0.15, 0.2) is 0 Å². The fourth-order valence-corrected chi connectivity index (χ4v) is 2.02. The number of carbonyl (C=O) groups is 1. The van der Waals surface area contributed by atoms with Crippen LogP contribution in [0.3, 0.4) is 0 Å². The van der Waals surface area contributed by atoms with E-state index in [-0.39, 0.29) is 11.8 Å². The standard InChI is InChI=1S/C16H20N2O/c1-12(10-17)8-16(19)18-11-13-6-7-14-4-2-3-5-15(14)9-13/h2-7,9,12H,8,10-11,17H2,1H3,(H,18,19). The molecule has 0 saturated heterocycles. The van der Waals surface area contributed by atoms with Gasteiger partial charge in [-0.15, -0.1) is 0 Å². The zero-order valence-electron chi connectivity index (χ0n) is 11.2. The highest BCUT2D eigenvalue weighted by Crippen LogP contribution is 2.15. The molecular weight excluding hydrogens is 236 g/mol. The third-order valence-electron chi connectivity index (χ3n) is 3.24. The molecule has 2 rings (SSSR count). The van der Waals surface area contributed by atoms with Crippen LogP contribution in [0.4, 0.5) is 0 Å². The van der Waals surface area contributed by atoms with E-state index in [2.05, 4.69) is 35.6 Å². The summed E-state index contributed by atoms with van der Waals surface area (Å²) in [5, 5.41) is 5.35. The van der Waals surface area contributed by atoms with Gasteiger partial charge in [0.1, 0.15) is 0 Å². The largest absolute Gasteiger partial charge is 0.352 e. The maximum atomic E-state index is 11.7. The molecule has 0 aliphatic heterocycles. The molecule has 0 spiro atoms. The molecule has 0 radical (unpaired) electrons. The van der Waals surface area contributed by atoms with Crippen molar-refractivity contribution in [3.8, 4) is 0 Å². The van der Waals surface area contributed by atoms with Gasteiger partial charge < -0.3 is 11.1 Å². The lowest BCUT2D eigenvalue weighted by Crippen LogP contribution is -2.26. The molecule has 0 fully saturated rings. The molecule has 3 heteroatoms. The van der Waals surface area contributed by atoms with Crippen LogP contribution in [0.5, 0.6) is 0 Å². The van der Waals surface area contributed by atoms with Gasteiger partial charge in [-0.25, -0.2) is 0 Å². The minimum Gasteiger partial charge on any atom is -0.352 e. The molecule has 1 amide bonds. The Morgan fingerprint density at radius 1 is 1.21 bits per heavy atom. The summed E-state index contributed by atoms with van der Waals surface area (Å²) >= 11 is 0. The van der Waals surface area contributed by atoms with Crippen molar-refractivity contribution < 1.29 is 4.79 Å². The van der Waals surface area contributed by atoms with E-state index in [1.165, 1.54) is 10.8 Å². The van der Waals surface area contributed by atoms with E-state index in [1.807, 2.05) is 19.1 Å². The molecular formula is C16H20N2O. The molecule has 0 aliphatic carbocycles. The highest BCUT2D eigenvalue weighted by atomic mass is 16.1. The van der Waals surface area contributed by atoms with Crippen LogP contribution in [-0.2, 0) is 11.3 Å². The van der Waals surface area contributed by atoms with Gasteiger partial charge in [-0.3, -0.25) is 4.79 Å². The summed E-state index contributed by atoms with van der Waals surface area (Å²) in [6.07, 6.45) is 0.490. The minimum atomic E-state index is 0.0612. The number of rotatable bonds is 5. The Morgan fingerprint density at radius 3 is 2.68 bits per heavy atom. The molecule has 0 saturated carbocycles. The van der Waals surface area contributed by atoms with Gasteiger partial charge in [0.25, 0.3) is 0 Å². The number of nitrogens with two attached hydrogens (primary N) is 1. The lowest BCUT2D eigenvalue weighted by Gasteiger charge is -2.09. The van der Waals surface area contributed by atoms with Crippen molar-refractivity contribution in [2.24, 2.45) is 11.7 Å². The zero-order chi connectivity index (χ0) is 13.7. The maximum absolute atomic E-state index is 11.7. The molecule has 1 atom stereocenters. The fraction of sp³-hybridized carbons (Fsp3) is 0.312. The SMILES string of the molecule is CC(CN)CC(=O)NCc1ccc2ccccc2c1. The first-order valence-corrected chi connectivity index (χ1v) is 6.63. The summed E-state index contributed by atoms with van der Waals surface area (Å²) in [4.78, 5) is 11.7. The Hall–Kier alpha value is -1.87. The molecule has 0 aliphatic rings. The quantitative estimate of drug-likeness (QED) is 0.863. The van der Waals surface area contributed by atoms with Gasteiger partial charge in [-0.05, 0) is 34.9 Å². The monoisotopic (exact) mass is 256 g/mol. The summed E-state index contributed by atoms with van der Waals surface area (Å²) in [6, 6.07) is 14.5. The maximum Gasteiger partial charge on any atom is 0.220 e. The molecule has 2 aromatic carbocycles. The summed E-state index contributed by atoms with van der Waals surface area (Å²) in [7, 11) is 0. The Morgan fingerprint density at radius 2 is 1.95 bits per heavy atom. The van der Waals surface area contributed by atoms with Crippen LogP contribution in [-0.4, -0.2) is 12.5 Å². The number of amides is 1. The van der Waals surface area contributed by atoms with Crippen molar-refractivity contribution >= 4 is 16.7 Å². The van der Waals surface area contributed by atoms with E-state index in [1.54, 1.807) is 0 Å². The predicted molar refractivity (Wildman–Crippen MR) is 78.6 cm³/mol. The molecule has 0 heterocycles. The molecule has 3 nitrogen and oxygen atoms in total. The molecule has 3 N–H and O–H groups in total. The predicted octanol–water partition coefficient (Wildman–Crippen LogP) is 2.44. The highest BCUT2D eigenvalue weighted by molar-refractivity contribution is 5.83. The van der Waals surface area contributed by atoms with Crippen molar-refractivity contribution in [3.63, 3.8) is 0 Å². The van der Waals surface area contributed by atoms with E-state index < -0.39 is 0 Å². The van der Waals surface area contributed by atoms with Crippen molar-refractivity contribution in [1.29, 1.82) is 0 Å². The lowest BCUT2D eigenvalue weighted by atomic mass is 10.1. The third-order valence-corrected chi connectivity index (χ3v) is 3.24. The first-order valence-electron chi connectivity index (χ1n) is 6.63. The van der Waals surface area contributed by atoms with E-state index in [0.717, 1.165) is 5.56 Å². The Kier molecular flexibility index (Phi) is 4.53. The fourth-order valence-electron chi connectivity index (χ4n) is 2.02. The summed E-state index contributed by atoms with van der Waals surface area (Å²) < 4.78 is 0. The number of hydrogen-bond acceptors (Lipinski definition) is 2. The average Bonchev–Trinajstić information content (AvgIpc) is 2.44. The van der Waals surface area contributed by atoms with E-state index >= 15 is 0 Å². The summed E-state index contributed by atoms with van der Waals surface area (Å²) in [5.74, 6) is 0.294. The van der Waals surface area contributed by atoms with Crippen LogP contribution in [0.25, 0.3) is 10.8 Å². The minimum absolute atomic E-state index is 0.0612. The van der Waals surface area contributed by atoms with Crippen molar-refractivity contribution in [2.45, 2.75) is 19.9 Å². The van der Waals surface area contributed by atoms with Crippen LogP contribution in [0.1, 0.15) is 18.9 Å². The van der Waals surface area contributed by atoms with Crippen molar-refractivity contribution in [3.05, 3.63) is 48.0 Å². The molecule has 1 unspecified atom stereocenters. The van der Waals surface area contributed by atoms with Crippen LogP contribution in [0.15, 0.2) is 42.5 Å². The molecule has 19 heavy (non-hydrogen) atoms. The van der Waals surface area contributed by atoms with Crippen LogP contribution in [0, 0.1) is 5.92 Å². The van der Waals surface area contributed by atoms with Crippen molar-refractivity contribution in [1.82, 2.24) is 5.32 Å². The summed E-state index contributed by atoms with van der Waals surface area (Å²) in [5.41, 5.74) is 6.63. The number of benzene rings is 2. The zero-order valence-corrected chi connectivity index (χ0v) is 11.2. The van der Waals surface area contributed by atoms with Gasteiger partial charge in [-0.1, -0.05) is 43.3 Å². The lowest BCUT2D eigenvalue weighted by molar-refractivity contribution is -0.122. The molecule has 2 aromatic rings. The molecule has 0 bridgehead atoms. The summed E-state index contributed by atoms with van der Waals surface area (Å²) in [6.45, 7) is 3.10. The van der Waals surface area contributed by atoms with Crippen LogP contribution >= 0.6 is 0 Å². The van der Waals surface area contributed by atoms with E-state index in [4.69, 9.17) is 5.73 Å². The Labute approximate surface area is 113 Å². The van der Waals surface area contributed by atoms with Gasteiger partial charge in [0.2, 0.25) is 5.91 Å². The number of hydrogen-bond donors (Lipinski definition) is 2. The number of fused-ring (bicyclic) bond motifs is 1. The second-order valence-corrected chi connectivity index (χ2v) is 5.00. The topological polar surface area (TPSA) is 55.1 Å². The van der Waals surface area contributed by atoms with Crippen LogP contribution in [0.2, 0.25) is 0 Å². The van der Waals surface area contributed by atoms with Crippen molar-refractivity contribution in [2.75, 3.05) is 6.54 Å². The molecule has 0 aromatic heterocycles. The van der Waals surface area contributed by atoms with E-state index in [0.29, 0.717) is 19.5 Å². The van der Waals surface area contributed by atoms with Crippen LogP contribution < -0.4 is 11.1 Å². The van der Waals surface area contributed by atoms with E-state index in [9.17, 15) is 4.79 Å². The first-order chi connectivity index (χ1) is 9.19. The average molecular weight is 256 g/mol. The highest BCUT2D eigenvalue weighted by Gasteiger charge is 2.07. The molecule has 100 valence electrons. The number of carbonyl (C=O) groups excluding carboxylic acids is 1. The first kappa shape index (κ1) is 13.6. The Bertz CT molecular complexity index is 565. The second-order valence-electron chi connectivity index (χ2n) is 5.00. The number of nitrogens with one attached hydrogen (secondary N) is 1.